The average Bonchev–Trinajstić information content (AvgIpc) is 2.80. The first-order valence-corrected chi connectivity index (χ1v) is 8.13. The van der Waals surface area contributed by atoms with Crippen LogP contribution in [-0.2, 0) is 6.42 Å². The lowest BCUT2D eigenvalue weighted by molar-refractivity contribution is 0.0912. The SMILES string of the molecule is CCc1c(C(=O)NC2CCN(CC)CC2)csc1C. The first-order valence-electron chi connectivity index (χ1n) is 7.25. The Kier molecular flexibility index (Phi) is 4.99. The Labute approximate surface area is 120 Å². The van der Waals surface area contributed by atoms with E-state index in [1.54, 1.807) is 11.3 Å². The highest BCUT2D eigenvalue weighted by Gasteiger charge is 2.22. The lowest BCUT2D eigenvalue weighted by Gasteiger charge is -2.31. The summed E-state index contributed by atoms with van der Waals surface area (Å²) in [6.45, 7) is 9.73. The Morgan fingerprint density at radius 2 is 2.11 bits per heavy atom. The summed E-state index contributed by atoms with van der Waals surface area (Å²) in [5.41, 5.74) is 2.11. The molecule has 0 unspecified atom stereocenters. The third kappa shape index (κ3) is 3.37. The number of thiophene rings is 1. The molecule has 2 heterocycles. The van der Waals surface area contributed by atoms with Crippen LogP contribution in [0, 0.1) is 6.92 Å². The third-order valence-electron chi connectivity index (χ3n) is 4.07. The Morgan fingerprint density at radius 1 is 1.42 bits per heavy atom. The lowest BCUT2D eigenvalue weighted by Crippen LogP contribution is -2.44. The predicted octanol–water partition coefficient (Wildman–Crippen LogP) is 2.83. The summed E-state index contributed by atoms with van der Waals surface area (Å²) in [7, 11) is 0. The Morgan fingerprint density at radius 3 is 2.68 bits per heavy atom. The number of piperidine rings is 1. The van der Waals surface area contributed by atoms with Crippen molar-refractivity contribution in [2.24, 2.45) is 0 Å². The topological polar surface area (TPSA) is 32.3 Å². The predicted molar refractivity (Wildman–Crippen MR) is 81.0 cm³/mol. The van der Waals surface area contributed by atoms with E-state index in [0.29, 0.717) is 6.04 Å². The number of nitrogens with zero attached hydrogens (tertiary/aromatic N) is 1. The first-order chi connectivity index (χ1) is 9.15. The maximum Gasteiger partial charge on any atom is 0.252 e. The average molecular weight is 280 g/mol. The van der Waals surface area contributed by atoms with Gasteiger partial charge in [0.15, 0.2) is 0 Å². The van der Waals surface area contributed by atoms with Crippen LogP contribution < -0.4 is 5.32 Å². The van der Waals surface area contributed by atoms with E-state index in [2.05, 4.69) is 31.0 Å². The van der Waals surface area contributed by atoms with Crippen molar-refractivity contribution >= 4 is 17.2 Å². The van der Waals surface area contributed by atoms with Crippen molar-refractivity contribution in [1.82, 2.24) is 10.2 Å². The van der Waals surface area contributed by atoms with Gasteiger partial charge in [0.25, 0.3) is 5.91 Å². The Bertz CT molecular complexity index is 433. The van der Waals surface area contributed by atoms with Crippen LogP contribution in [0.25, 0.3) is 0 Å². The van der Waals surface area contributed by atoms with Crippen molar-refractivity contribution < 1.29 is 4.79 Å². The molecule has 0 aromatic carbocycles. The number of carbonyl (C=O) groups excluding carboxylic acids is 1. The minimum atomic E-state index is 0.121. The van der Waals surface area contributed by atoms with Crippen molar-refractivity contribution in [3.63, 3.8) is 0 Å². The molecule has 19 heavy (non-hydrogen) atoms. The highest BCUT2D eigenvalue weighted by atomic mass is 32.1. The molecule has 106 valence electrons. The van der Waals surface area contributed by atoms with E-state index < -0.39 is 0 Å². The number of likely N-dealkylation sites (tertiary alicyclic amines) is 1. The van der Waals surface area contributed by atoms with Crippen molar-refractivity contribution in [3.05, 3.63) is 21.4 Å². The molecule has 1 aromatic heterocycles. The summed E-state index contributed by atoms with van der Waals surface area (Å²) in [6.07, 6.45) is 3.08. The maximum absolute atomic E-state index is 12.3. The fourth-order valence-electron chi connectivity index (χ4n) is 2.77. The van der Waals surface area contributed by atoms with Crippen molar-refractivity contribution in [2.75, 3.05) is 19.6 Å². The van der Waals surface area contributed by atoms with Gasteiger partial charge in [0.05, 0.1) is 5.56 Å². The smallest absolute Gasteiger partial charge is 0.252 e. The maximum atomic E-state index is 12.3. The summed E-state index contributed by atoms with van der Waals surface area (Å²) in [4.78, 5) is 16.1. The quantitative estimate of drug-likeness (QED) is 0.920. The molecule has 3 nitrogen and oxygen atoms in total. The van der Waals surface area contributed by atoms with Crippen LogP contribution in [0.4, 0.5) is 0 Å². The van der Waals surface area contributed by atoms with Crippen LogP contribution in [0.5, 0.6) is 0 Å². The van der Waals surface area contributed by atoms with Crippen molar-refractivity contribution in [1.29, 1.82) is 0 Å². The summed E-state index contributed by atoms with van der Waals surface area (Å²) in [6, 6.07) is 0.347. The molecule has 1 aliphatic heterocycles. The van der Waals surface area contributed by atoms with Gasteiger partial charge in [-0.25, -0.2) is 0 Å². The van der Waals surface area contributed by atoms with Gasteiger partial charge in [0, 0.05) is 29.4 Å². The van der Waals surface area contributed by atoms with Gasteiger partial charge in [-0.1, -0.05) is 13.8 Å². The molecule has 0 saturated carbocycles. The summed E-state index contributed by atoms with van der Waals surface area (Å²) < 4.78 is 0. The van der Waals surface area contributed by atoms with Gasteiger partial charge in [-0.3, -0.25) is 4.79 Å². The summed E-state index contributed by atoms with van der Waals surface area (Å²) in [5.74, 6) is 0.121. The van der Waals surface area contributed by atoms with Crippen LogP contribution in [0.15, 0.2) is 5.38 Å². The van der Waals surface area contributed by atoms with Gasteiger partial charge in [-0.05, 0) is 38.3 Å². The molecule has 0 aliphatic carbocycles. The molecule has 0 bridgehead atoms. The second kappa shape index (κ2) is 6.53. The molecule has 0 spiro atoms. The molecule has 4 heteroatoms. The number of hydrogen-bond donors (Lipinski definition) is 1. The highest BCUT2D eigenvalue weighted by molar-refractivity contribution is 7.10. The molecule has 1 amide bonds. The van der Waals surface area contributed by atoms with Crippen LogP contribution in [0.2, 0.25) is 0 Å². The monoisotopic (exact) mass is 280 g/mol. The van der Waals surface area contributed by atoms with Gasteiger partial charge >= 0.3 is 0 Å². The molecule has 1 aliphatic rings. The standard InChI is InChI=1S/C15H24N2OS/c1-4-13-11(3)19-10-14(13)15(18)16-12-6-8-17(5-2)9-7-12/h10,12H,4-9H2,1-3H3,(H,16,18). The van der Waals surface area contributed by atoms with E-state index in [4.69, 9.17) is 0 Å². The molecule has 0 atom stereocenters. The zero-order valence-corrected chi connectivity index (χ0v) is 13.0. The van der Waals surface area contributed by atoms with Gasteiger partial charge < -0.3 is 10.2 Å². The van der Waals surface area contributed by atoms with E-state index >= 15 is 0 Å². The van der Waals surface area contributed by atoms with Crippen LogP contribution in [-0.4, -0.2) is 36.5 Å². The highest BCUT2D eigenvalue weighted by Crippen LogP contribution is 2.22. The van der Waals surface area contributed by atoms with Crippen LogP contribution in [0.1, 0.15) is 47.5 Å². The number of aryl methyl sites for hydroxylation is 1. The van der Waals surface area contributed by atoms with E-state index in [-0.39, 0.29) is 5.91 Å². The molecule has 1 saturated heterocycles. The first kappa shape index (κ1) is 14.5. The normalized spacial score (nSPS) is 17.6. The lowest BCUT2D eigenvalue weighted by atomic mass is 10.0. The Hall–Kier alpha value is -0.870. The summed E-state index contributed by atoms with van der Waals surface area (Å²) in [5, 5.41) is 5.21. The zero-order valence-electron chi connectivity index (χ0n) is 12.2. The molecular formula is C15H24N2OS. The van der Waals surface area contributed by atoms with Gasteiger partial charge in [0.1, 0.15) is 0 Å². The molecule has 0 radical (unpaired) electrons. The fourth-order valence-corrected chi connectivity index (χ4v) is 3.71. The van der Waals surface area contributed by atoms with E-state index in [1.165, 1.54) is 10.4 Å². The molecule has 1 N–H and O–H groups in total. The number of hydrogen-bond acceptors (Lipinski definition) is 3. The van der Waals surface area contributed by atoms with Gasteiger partial charge in [-0.15, -0.1) is 11.3 Å². The minimum Gasteiger partial charge on any atom is -0.349 e. The molecule has 1 aromatic rings. The van der Waals surface area contributed by atoms with Crippen LogP contribution >= 0.6 is 11.3 Å². The number of amides is 1. The molecular weight excluding hydrogens is 256 g/mol. The van der Waals surface area contributed by atoms with Gasteiger partial charge in [-0.2, -0.15) is 0 Å². The minimum absolute atomic E-state index is 0.121. The third-order valence-corrected chi connectivity index (χ3v) is 5.03. The van der Waals surface area contributed by atoms with Crippen molar-refractivity contribution in [3.8, 4) is 0 Å². The summed E-state index contributed by atoms with van der Waals surface area (Å²) >= 11 is 1.68. The second-order valence-electron chi connectivity index (χ2n) is 5.22. The largest absolute Gasteiger partial charge is 0.349 e. The molecule has 1 fully saturated rings. The molecule has 2 rings (SSSR count). The van der Waals surface area contributed by atoms with E-state index in [0.717, 1.165) is 44.5 Å². The Balaban J connectivity index is 1.94. The number of nitrogens with one attached hydrogen (secondary N) is 1. The second-order valence-corrected chi connectivity index (χ2v) is 6.30. The number of carbonyl (C=O) groups is 1. The van der Waals surface area contributed by atoms with E-state index in [1.807, 2.05) is 5.38 Å². The van der Waals surface area contributed by atoms with E-state index in [9.17, 15) is 4.79 Å². The van der Waals surface area contributed by atoms with Crippen molar-refractivity contribution in [2.45, 2.75) is 46.1 Å². The van der Waals surface area contributed by atoms with Crippen LogP contribution in [0.3, 0.4) is 0 Å². The van der Waals surface area contributed by atoms with Gasteiger partial charge in [0.2, 0.25) is 0 Å². The number of rotatable bonds is 4. The zero-order chi connectivity index (χ0) is 13.8. The fraction of sp³-hybridized carbons (Fsp3) is 0.667.